The fourth-order valence-electron chi connectivity index (χ4n) is 1.77. The molecule has 1 N–H and O–H groups in total. The largest absolute Gasteiger partial charge is 0.507 e. The highest BCUT2D eigenvalue weighted by Crippen LogP contribution is 2.29. The number of phenolic OH excluding ortho intramolecular Hbond substituents is 1. The van der Waals surface area contributed by atoms with Gasteiger partial charge in [0.05, 0.1) is 5.56 Å². The molecule has 0 bridgehead atoms. The zero-order valence-corrected chi connectivity index (χ0v) is 10.7. The summed E-state index contributed by atoms with van der Waals surface area (Å²) in [7, 11) is 5.57. The van der Waals surface area contributed by atoms with Crippen LogP contribution in [0.2, 0.25) is 0 Å². The van der Waals surface area contributed by atoms with Crippen molar-refractivity contribution in [2.75, 3.05) is 21.1 Å². The molecule has 0 amide bonds. The lowest BCUT2D eigenvalue weighted by Gasteiger charge is -2.18. The van der Waals surface area contributed by atoms with Gasteiger partial charge in [-0.15, -0.1) is 0 Å². The second-order valence-corrected chi connectivity index (χ2v) is 4.34. The van der Waals surface area contributed by atoms with Gasteiger partial charge in [-0.3, -0.25) is 4.99 Å². The molecule has 0 aliphatic carbocycles. The number of nitrogens with zero attached hydrogens (tertiary/aromatic N) is 2. The van der Waals surface area contributed by atoms with Gasteiger partial charge in [0.25, 0.3) is 0 Å². The van der Waals surface area contributed by atoms with E-state index in [1.54, 1.807) is 7.05 Å². The van der Waals surface area contributed by atoms with Gasteiger partial charge in [-0.2, -0.15) is 0 Å². The molecule has 1 rings (SSSR count). The Balaban J connectivity index is 3.30. The third-order valence-corrected chi connectivity index (χ3v) is 2.57. The molecule has 1 aromatic rings. The van der Waals surface area contributed by atoms with Crippen molar-refractivity contribution in [3.8, 4) is 5.75 Å². The van der Waals surface area contributed by atoms with Gasteiger partial charge in [0.15, 0.2) is 0 Å². The van der Waals surface area contributed by atoms with E-state index in [4.69, 9.17) is 0 Å². The number of phenols is 1. The lowest BCUT2D eigenvalue weighted by Crippen LogP contribution is -2.23. The fourth-order valence-corrected chi connectivity index (χ4v) is 1.77. The van der Waals surface area contributed by atoms with E-state index in [2.05, 4.69) is 18.8 Å². The summed E-state index contributed by atoms with van der Waals surface area (Å²) in [6.45, 7) is 4.13. The van der Waals surface area contributed by atoms with Crippen molar-refractivity contribution in [2.24, 2.45) is 4.99 Å². The maximum absolute atomic E-state index is 10.2. The Morgan fingerprint density at radius 2 is 1.94 bits per heavy atom. The third-order valence-electron chi connectivity index (χ3n) is 2.57. The predicted octanol–water partition coefficient (Wildman–Crippen LogP) is 2.45. The van der Waals surface area contributed by atoms with Gasteiger partial charge in [-0.05, 0) is 17.5 Å². The van der Waals surface area contributed by atoms with E-state index in [1.165, 1.54) is 0 Å². The molecular weight excluding hydrogens is 200 g/mol. The number of para-hydroxylation sites is 1. The molecule has 0 aliphatic rings. The summed E-state index contributed by atoms with van der Waals surface area (Å²) in [6.07, 6.45) is 0. The number of benzene rings is 1. The fraction of sp³-hybridized carbons (Fsp3) is 0.462. The zero-order chi connectivity index (χ0) is 12.3. The van der Waals surface area contributed by atoms with Crippen LogP contribution in [-0.4, -0.2) is 37.0 Å². The van der Waals surface area contributed by atoms with Crippen LogP contribution in [0.5, 0.6) is 5.75 Å². The minimum Gasteiger partial charge on any atom is -0.507 e. The van der Waals surface area contributed by atoms with Crippen molar-refractivity contribution < 1.29 is 5.11 Å². The van der Waals surface area contributed by atoms with Crippen LogP contribution in [0, 0.1) is 0 Å². The molecule has 88 valence electrons. The van der Waals surface area contributed by atoms with Crippen molar-refractivity contribution >= 4 is 5.84 Å². The summed E-state index contributed by atoms with van der Waals surface area (Å²) in [5, 5.41) is 10.2. The van der Waals surface area contributed by atoms with Gasteiger partial charge in [-0.1, -0.05) is 26.0 Å². The Morgan fingerprint density at radius 3 is 2.38 bits per heavy atom. The summed E-state index contributed by atoms with van der Waals surface area (Å²) in [5.41, 5.74) is 1.75. The van der Waals surface area contributed by atoms with Crippen LogP contribution in [0.3, 0.4) is 0 Å². The zero-order valence-electron chi connectivity index (χ0n) is 10.7. The minimum absolute atomic E-state index is 0.306. The van der Waals surface area contributed by atoms with E-state index in [1.807, 2.05) is 37.2 Å². The van der Waals surface area contributed by atoms with E-state index in [-0.39, 0.29) is 0 Å². The molecule has 0 saturated carbocycles. The van der Waals surface area contributed by atoms with Crippen molar-refractivity contribution in [1.82, 2.24) is 4.90 Å². The molecule has 0 fully saturated rings. The monoisotopic (exact) mass is 220 g/mol. The number of hydrogen-bond acceptors (Lipinski definition) is 2. The average molecular weight is 220 g/mol. The van der Waals surface area contributed by atoms with Crippen molar-refractivity contribution in [1.29, 1.82) is 0 Å². The summed E-state index contributed by atoms with van der Waals surface area (Å²) in [4.78, 5) is 6.10. The van der Waals surface area contributed by atoms with Gasteiger partial charge in [0.1, 0.15) is 11.6 Å². The molecule has 3 nitrogen and oxygen atoms in total. The first kappa shape index (κ1) is 12.6. The molecule has 0 radical (unpaired) electrons. The van der Waals surface area contributed by atoms with Crippen molar-refractivity contribution in [3.05, 3.63) is 29.3 Å². The number of rotatable bonds is 2. The molecule has 0 heterocycles. The van der Waals surface area contributed by atoms with E-state index in [0.29, 0.717) is 11.7 Å². The smallest absolute Gasteiger partial charge is 0.133 e. The first-order valence-electron chi connectivity index (χ1n) is 5.45. The Kier molecular flexibility index (Phi) is 3.93. The van der Waals surface area contributed by atoms with Crippen LogP contribution >= 0.6 is 0 Å². The Bertz CT molecular complexity index is 395. The molecule has 0 saturated heterocycles. The maximum Gasteiger partial charge on any atom is 0.133 e. The van der Waals surface area contributed by atoms with Crippen LogP contribution in [0.1, 0.15) is 30.9 Å². The second kappa shape index (κ2) is 5.01. The summed E-state index contributed by atoms with van der Waals surface area (Å²) in [5.74, 6) is 1.44. The van der Waals surface area contributed by atoms with Gasteiger partial charge in [-0.25, -0.2) is 0 Å². The quantitative estimate of drug-likeness (QED) is 0.614. The highest BCUT2D eigenvalue weighted by Gasteiger charge is 2.14. The van der Waals surface area contributed by atoms with E-state index < -0.39 is 0 Å². The first-order valence-corrected chi connectivity index (χ1v) is 5.45. The lowest BCUT2D eigenvalue weighted by atomic mass is 9.98. The molecule has 16 heavy (non-hydrogen) atoms. The van der Waals surface area contributed by atoms with E-state index in [0.717, 1.165) is 17.0 Å². The normalized spacial score (nSPS) is 12.0. The second-order valence-electron chi connectivity index (χ2n) is 4.34. The molecule has 0 unspecified atom stereocenters. The Morgan fingerprint density at radius 1 is 1.31 bits per heavy atom. The highest BCUT2D eigenvalue weighted by atomic mass is 16.3. The van der Waals surface area contributed by atoms with Gasteiger partial charge in [0, 0.05) is 21.1 Å². The van der Waals surface area contributed by atoms with Gasteiger partial charge < -0.3 is 10.0 Å². The van der Waals surface area contributed by atoms with Crippen LogP contribution in [0.25, 0.3) is 0 Å². The molecule has 0 aliphatic heterocycles. The average Bonchev–Trinajstić information content (AvgIpc) is 2.20. The van der Waals surface area contributed by atoms with Crippen LogP contribution in [-0.2, 0) is 0 Å². The SMILES string of the molecule is CN=C(c1cccc(C(C)C)c1O)N(C)C. The number of aliphatic imine (C=N–C) groups is 1. The van der Waals surface area contributed by atoms with Crippen LogP contribution in [0.4, 0.5) is 0 Å². The molecule has 0 atom stereocenters. The summed E-state index contributed by atoms with van der Waals surface area (Å²) in [6, 6.07) is 5.80. The number of aromatic hydroxyl groups is 1. The van der Waals surface area contributed by atoms with E-state index >= 15 is 0 Å². The third kappa shape index (κ3) is 2.35. The highest BCUT2D eigenvalue weighted by molar-refractivity contribution is 6.01. The van der Waals surface area contributed by atoms with Gasteiger partial charge in [0.2, 0.25) is 0 Å². The Labute approximate surface area is 97.4 Å². The molecule has 0 aromatic heterocycles. The maximum atomic E-state index is 10.2. The Hall–Kier alpha value is -1.51. The van der Waals surface area contributed by atoms with Gasteiger partial charge >= 0.3 is 0 Å². The van der Waals surface area contributed by atoms with Crippen molar-refractivity contribution in [2.45, 2.75) is 19.8 Å². The topological polar surface area (TPSA) is 35.8 Å². The first-order chi connectivity index (χ1) is 7.49. The molecule has 1 aromatic carbocycles. The standard InChI is InChI=1S/C13H20N2O/c1-9(2)10-7-6-8-11(12(10)16)13(14-3)15(4)5/h6-9,16H,1-5H3. The minimum atomic E-state index is 0.306. The summed E-state index contributed by atoms with van der Waals surface area (Å²) >= 11 is 0. The predicted molar refractivity (Wildman–Crippen MR) is 68.3 cm³/mol. The van der Waals surface area contributed by atoms with Crippen molar-refractivity contribution in [3.63, 3.8) is 0 Å². The molecular formula is C13H20N2O. The van der Waals surface area contributed by atoms with Crippen LogP contribution in [0.15, 0.2) is 23.2 Å². The number of hydrogen-bond donors (Lipinski definition) is 1. The number of amidine groups is 1. The molecule has 0 spiro atoms. The lowest BCUT2D eigenvalue weighted by molar-refractivity contribution is 0.461. The van der Waals surface area contributed by atoms with E-state index in [9.17, 15) is 5.11 Å². The summed E-state index contributed by atoms with van der Waals surface area (Å²) < 4.78 is 0. The van der Waals surface area contributed by atoms with Crippen LogP contribution < -0.4 is 0 Å². The molecule has 3 heteroatoms.